The Hall–Kier alpha value is -4.10. The Kier molecular flexibility index (Phi) is 6.50. The number of halogens is 1. The zero-order valence-corrected chi connectivity index (χ0v) is 19.8. The number of benzene rings is 3. The number of carbonyl (C=O) groups is 1. The normalized spacial score (nSPS) is 17.0. The molecule has 8 heteroatoms. The van der Waals surface area contributed by atoms with Crippen LogP contribution >= 0.6 is 11.6 Å². The average Bonchev–Trinajstić information content (AvgIpc) is 3.30. The summed E-state index contributed by atoms with van der Waals surface area (Å²) in [4.78, 5) is 17.1. The first-order chi connectivity index (χ1) is 17.1. The second-order valence-corrected chi connectivity index (χ2v) is 8.65. The number of carbonyl (C=O) groups excluding carboxylic acids is 1. The zero-order valence-electron chi connectivity index (χ0n) is 19.1. The van der Waals surface area contributed by atoms with E-state index in [0.717, 1.165) is 28.9 Å². The standard InChI is InChI=1S/C27H24ClN5O2/c1-35-22-14-7-18(8-15-22)9-16-25(34)30-26-31-27-29-23(19-5-3-2-4-6-19)17-24(33(27)32-26)20-10-12-21(28)13-11-20/h2-16,23-24H,17H2,1H3,(H2,29,30,31,32,34)/b16-9+/t23-,24+/m1/s1. The van der Waals surface area contributed by atoms with Gasteiger partial charge in [0.15, 0.2) is 0 Å². The molecule has 2 N–H and O–H groups in total. The number of hydrogen-bond donors (Lipinski definition) is 2. The molecule has 2 heterocycles. The SMILES string of the molecule is COc1ccc(/C=C/C(=O)Nc2nc3n(n2)[C@H](c2ccc(Cl)cc2)C[C@H](c2ccccc2)N3)cc1. The summed E-state index contributed by atoms with van der Waals surface area (Å²) in [5.74, 6) is 1.28. The lowest BCUT2D eigenvalue weighted by atomic mass is 9.93. The molecule has 0 radical (unpaired) electrons. The average molecular weight is 486 g/mol. The van der Waals surface area contributed by atoms with Gasteiger partial charge in [-0.2, -0.15) is 4.98 Å². The molecule has 1 amide bonds. The molecule has 1 aromatic heterocycles. The van der Waals surface area contributed by atoms with Crippen LogP contribution in [0, 0.1) is 0 Å². The fourth-order valence-electron chi connectivity index (χ4n) is 4.14. The van der Waals surface area contributed by atoms with E-state index in [9.17, 15) is 4.79 Å². The van der Waals surface area contributed by atoms with Gasteiger partial charge in [-0.15, -0.1) is 5.10 Å². The second kappa shape index (κ2) is 10.0. The monoisotopic (exact) mass is 485 g/mol. The minimum Gasteiger partial charge on any atom is -0.497 e. The largest absolute Gasteiger partial charge is 0.497 e. The highest BCUT2D eigenvalue weighted by atomic mass is 35.5. The third-order valence-electron chi connectivity index (χ3n) is 5.92. The Morgan fingerprint density at radius 1 is 1.06 bits per heavy atom. The number of nitrogens with zero attached hydrogens (tertiary/aromatic N) is 3. The molecule has 0 spiro atoms. The second-order valence-electron chi connectivity index (χ2n) is 8.21. The van der Waals surface area contributed by atoms with Gasteiger partial charge in [-0.05, 0) is 53.5 Å². The Labute approximate surface area is 208 Å². The van der Waals surface area contributed by atoms with Crippen LogP contribution in [0.3, 0.4) is 0 Å². The van der Waals surface area contributed by atoms with Gasteiger partial charge in [0, 0.05) is 11.1 Å². The lowest BCUT2D eigenvalue weighted by Gasteiger charge is -2.31. The summed E-state index contributed by atoms with van der Waals surface area (Å²) in [7, 11) is 1.62. The van der Waals surface area contributed by atoms with Crippen LogP contribution in [-0.2, 0) is 4.79 Å². The predicted molar refractivity (Wildman–Crippen MR) is 138 cm³/mol. The number of amides is 1. The van der Waals surface area contributed by atoms with E-state index in [2.05, 4.69) is 32.8 Å². The molecule has 176 valence electrons. The Balaban J connectivity index is 1.38. The maximum atomic E-state index is 12.5. The van der Waals surface area contributed by atoms with Crippen molar-refractivity contribution in [2.24, 2.45) is 0 Å². The summed E-state index contributed by atoms with van der Waals surface area (Å²) in [6.45, 7) is 0. The van der Waals surface area contributed by atoms with Crippen LogP contribution in [0.2, 0.25) is 5.02 Å². The van der Waals surface area contributed by atoms with Gasteiger partial charge in [-0.1, -0.05) is 66.2 Å². The molecule has 0 unspecified atom stereocenters. The molecule has 0 fully saturated rings. The zero-order chi connectivity index (χ0) is 24.2. The quantitative estimate of drug-likeness (QED) is 0.340. The van der Waals surface area contributed by atoms with E-state index in [1.807, 2.05) is 71.4 Å². The van der Waals surface area contributed by atoms with Crippen molar-refractivity contribution in [2.75, 3.05) is 17.7 Å². The molecule has 1 aliphatic rings. The maximum Gasteiger partial charge on any atom is 0.250 e. The first-order valence-corrected chi connectivity index (χ1v) is 11.6. The van der Waals surface area contributed by atoms with Gasteiger partial charge < -0.3 is 10.1 Å². The lowest BCUT2D eigenvalue weighted by Crippen LogP contribution is -2.28. The maximum absolute atomic E-state index is 12.5. The number of fused-ring (bicyclic) bond motifs is 1. The van der Waals surface area contributed by atoms with E-state index in [0.29, 0.717) is 11.0 Å². The minimum absolute atomic E-state index is 0.0482. The van der Waals surface area contributed by atoms with Crippen molar-refractivity contribution < 1.29 is 9.53 Å². The molecule has 7 nitrogen and oxygen atoms in total. The van der Waals surface area contributed by atoms with Gasteiger partial charge >= 0.3 is 0 Å². The van der Waals surface area contributed by atoms with Gasteiger partial charge in [-0.25, -0.2) is 4.68 Å². The van der Waals surface area contributed by atoms with Gasteiger partial charge in [0.2, 0.25) is 5.95 Å². The number of methoxy groups -OCH3 is 1. The van der Waals surface area contributed by atoms with Crippen molar-refractivity contribution in [1.29, 1.82) is 0 Å². The van der Waals surface area contributed by atoms with Crippen LogP contribution in [0.15, 0.2) is 84.9 Å². The van der Waals surface area contributed by atoms with Gasteiger partial charge in [0.1, 0.15) is 5.75 Å². The minimum atomic E-state index is -0.314. The summed E-state index contributed by atoms with van der Waals surface area (Å²) >= 11 is 6.12. The molecule has 5 rings (SSSR count). The highest BCUT2D eigenvalue weighted by Gasteiger charge is 2.31. The van der Waals surface area contributed by atoms with Gasteiger partial charge in [0.25, 0.3) is 11.9 Å². The smallest absolute Gasteiger partial charge is 0.250 e. The highest BCUT2D eigenvalue weighted by Crippen LogP contribution is 2.38. The first kappa shape index (κ1) is 22.7. The summed E-state index contributed by atoms with van der Waals surface area (Å²) in [5, 5.41) is 11.5. The topological polar surface area (TPSA) is 81.1 Å². The first-order valence-electron chi connectivity index (χ1n) is 11.3. The third kappa shape index (κ3) is 5.20. The van der Waals surface area contributed by atoms with E-state index >= 15 is 0 Å². The molecular formula is C27H24ClN5O2. The number of rotatable bonds is 6. The van der Waals surface area contributed by atoms with E-state index in [1.165, 1.54) is 6.08 Å². The van der Waals surface area contributed by atoms with Crippen LogP contribution in [0.4, 0.5) is 11.9 Å². The van der Waals surface area contributed by atoms with E-state index in [4.69, 9.17) is 16.3 Å². The molecule has 3 aromatic carbocycles. The molecule has 4 aromatic rings. The molecule has 2 atom stereocenters. The van der Waals surface area contributed by atoms with Crippen molar-refractivity contribution in [3.05, 3.63) is 107 Å². The van der Waals surface area contributed by atoms with E-state index < -0.39 is 0 Å². The molecule has 0 bridgehead atoms. The van der Waals surface area contributed by atoms with Gasteiger partial charge in [-0.3, -0.25) is 10.1 Å². The van der Waals surface area contributed by atoms with Crippen molar-refractivity contribution >= 4 is 35.5 Å². The molecular weight excluding hydrogens is 462 g/mol. The predicted octanol–water partition coefficient (Wildman–Crippen LogP) is 5.74. The van der Waals surface area contributed by atoms with Crippen LogP contribution in [0.25, 0.3) is 6.08 Å². The Bertz CT molecular complexity index is 1330. The van der Waals surface area contributed by atoms with Gasteiger partial charge in [0.05, 0.1) is 19.2 Å². The molecule has 35 heavy (non-hydrogen) atoms. The Morgan fingerprint density at radius 3 is 2.51 bits per heavy atom. The number of anilines is 2. The summed E-state index contributed by atoms with van der Waals surface area (Å²) in [6.07, 6.45) is 3.95. The lowest BCUT2D eigenvalue weighted by molar-refractivity contribution is -0.111. The third-order valence-corrected chi connectivity index (χ3v) is 6.18. The van der Waals surface area contributed by atoms with Crippen LogP contribution in [0.1, 0.15) is 35.2 Å². The molecule has 1 aliphatic heterocycles. The number of ether oxygens (including phenoxy) is 1. The summed E-state index contributed by atoms with van der Waals surface area (Å²) in [6, 6.07) is 25.4. The number of hydrogen-bond acceptors (Lipinski definition) is 5. The molecule has 0 saturated heterocycles. The van der Waals surface area contributed by atoms with Crippen molar-refractivity contribution in [2.45, 2.75) is 18.5 Å². The Morgan fingerprint density at radius 2 is 1.80 bits per heavy atom. The van der Waals surface area contributed by atoms with Crippen LogP contribution in [-0.4, -0.2) is 27.8 Å². The van der Waals surface area contributed by atoms with Crippen molar-refractivity contribution in [1.82, 2.24) is 14.8 Å². The number of aromatic nitrogens is 3. The highest BCUT2D eigenvalue weighted by molar-refractivity contribution is 6.30. The van der Waals surface area contributed by atoms with Crippen molar-refractivity contribution in [3.8, 4) is 5.75 Å². The summed E-state index contributed by atoms with van der Waals surface area (Å²) < 4.78 is 6.99. The van der Waals surface area contributed by atoms with E-state index in [1.54, 1.807) is 13.2 Å². The molecule has 0 aliphatic carbocycles. The fraction of sp³-hybridized carbons (Fsp3) is 0.148. The van der Waals surface area contributed by atoms with E-state index in [-0.39, 0.29) is 23.9 Å². The van der Waals surface area contributed by atoms with Crippen LogP contribution < -0.4 is 15.4 Å². The molecule has 0 saturated carbocycles. The number of nitrogens with one attached hydrogen (secondary N) is 2. The summed E-state index contributed by atoms with van der Waals surface area (Å²) in [5.41, 5.74) is 3.11. The fourth-order valence-corrected chi connectivity index (χ4v) is 4.26. The van der Waals surface area contributed by atoms with Crippen LogP contribution in [0.5, 0.6) is 5.75 Å². The van der Waals surface area contributed by atoms with Crippen molar-refractivity contribution in [3.63, 3.8) is 0 Å².